The number of hydrogen-bond donors (Lipinski definition) is 1. The van der Waals surface area contributed by atoms with Crippen LogP contribution in [0.4, 0.5) is 0 Å². The minimum atomic E-state index is -0.517. The summed E-state index contributed by atoms with van der Waals surface area (Å²) in [6, 6.07) is 6.32. The molecular formula is C16H20O2. The summed E-state index contributed by atoms with van der Waals surface area (Å²) in [5, 5.41) is 10.9. The second kappa shape index (κ2) is 3.51. The van der Waals surface area contributed by atoms with Gasteiger partial charge in [-0.3, -0.25) is 0 Å². The van der Waals surface area contributed by atoms with Gasteiger partial charge in [-0.2, -0.15) is 0 Å². The SMILES string of the molecule is CC1Cc2cc(C3(O)C4CCCCC43)ccc2O1. The first-order valence-corrected chi connectivity index (χ1v) is 7.22. The molecule has 2 nitrogen and oxygen atoms in total. The second-order valence-corrected chi connectivity index (χ2v) is 6.28. The minimum absolute atomic E-state index is 0.284. The van der Waals surface area contributed by atoms with E-state index in [1.165, 1.54) is 31.2 Å². The van der Waals surface area contributed by atoms with E-state index < -0.39 is 5.60 Å². The molecule has 1 aromatic rings. The van der Waals surface area contributed by atoms with Gasteiger partial charge >= 0.3 is 0 Å². The third-order valence-electron chi connectivity index (χ3n) is 5.15. The molecule has 1 aliphatic heterocycles. The van der Waals surface area contributed by atoms with E-state index in [2.05, 4.69) is 25.1 Å². The Hall–Kier alpha value is -1.02. The van der Waals surface area contributed by atoms with Crippen LogP contribution in [0.15, 0.2) is 18.2 Å². The van der Waals surface area contributed by atoms with Gasteiger partial charge in [0.15, 0.2) is 0 Å². The van der Waals surface area contributed by atoms with Crippen LogP contribution in [0.25, 0.3) is 0 Å². The number of aliphatic hydroxyl groups is 1. The molecule has 2 fully saturated rings. The topological polar surface area (TPSA) is 29.5 Å². The second-order valence-electron chi connectivity index (χ2n) is 6.28. The third-order valence-corrected chi connectivity index (χ3v) is 5.15. The molecule has 1 N–H and O–H groups in total. The van der Waals surface area contributed by atoms with Crippen molar-refractivity contribution in [3.8, 4) is 5.75 Å². The fraction of sp³-hybridized carbons (Fsp3) is 0.625. The summed E-state index contributed by atoms with van der Waals surface area (Å²) in [7, 11) is 0. The first-order valence-electron chi connectivity index (χ1n) is 7.22. The van der Waals surface area contributed by atoms with Crippen molar-refractivity contribution in [3.05, 3.63) is 29.3 Å². The van der Waals surface area contributed by atoms with Gasteiger partial charge in [-0.15, -0.1) is 0 Å². The van der Waals surface area contributed by atoms with Crippen molar-refractivity contribution in [2.75, 3.05) is 0 Å². The maximum absolute atomic E-state index is 10.9. The molecule has 2 aliphatic carbocycles. The fourth-order valence-electron chi connectivity index (χ4n) is 4.19. The van der Waals surface area contributed by atoms with Crippen molar-refractivity contribution >= 4 is 0 Å². The molecule has 1 heterocycles. The smallest absolute Gasteiger partial charge is 0.123 e. The summed E-state index contributed by atoms with van der Waals surface area (Å²) < 4.78 is 5.73. The summed E-state index contributed by atoms with van der Waals surface area (Å²) in [4.78, 5) is 0. The molecule has 4 rings (SSSR count). The Balaban J connectivity index is 1.68. The zero-order valence-electron chi connectivity index (χ0n) is 10.9. The lowest BCUT2D eigenvalue weighted by atomic mass is 9.99. The van der Waals surface area contributed by atoms with E-state index in [0.717, 1.165) is 17.7 Å². The molecule has 2 saturated carbocycles. The molecule has 0 radical (unpaired) electrons. The first kappa shape index (κ1) is 10.9. The van der Waals surface area contributed by atoms with Gasteiger partial charge in [0.2, 0.25) is 0 Å². The standard InChI is InChI=1S/C16H20O2/c1-10-8-11-9-12(6-7-15(11)18-10)16(17)13-4-2-3-5-14(13)16/h6-7,9-10,13-14,17H,2-5,8H2,1H3. The van der Waals surface area contributed by atoms with Crippen molar-refractivity contribution in [3.63, 3.8) is 0 Å². The predicted molar refractivity (Wildman–Crippen MR) is 69.6 cm³/mol. The van der Waals surface area contributed by atoms with Gasteiger partial charge in [-0.25, -0.2) is 0 Å². The molecule has 0 amide bonds. The largest absolute Gasteiger partial charge is 0.490 e. The van der Waals surface area contributed by atoms with Crippen LogP contribution < -0.4 is 4.74 Å². The molecule has 0 bridgehead atoms. The van der Waals surface area contributed by atoms with E-state index in [-0.39, 0.29) is 6.10 Å². The van der Waals surface area contributed by atoms with Gasteiger partial charge < -0.3 is 9.84 Å². The maximum atomic E-state index is 10.9. The van der Waals surface area contributed by atoms with E-state index in [0.29, 0.717) is 11.8 Å². The molecule has 3 unspecified atom stereocenters. The molecule has 2 heteroatoms. The Morgan fingerprint density at radius 2 is 1.94 bits per heavy atom. The Morgan fingerprint density at radius 3 is 2.67 bits per heavy atom. The average Bonchev–Trinajstić information content (AvgIpc) is 2.81. The van der Waals surface area contributed by atoms with Gasteiger partial charge in [-0.05, 0) is 54.9 Å². The number of ether oxygens (including phenoxy) is 1. The average molecular weight is 244 g/mol. The highest BCUT2D eigenvalue weighted by atomic mass is 16.5. The van der Waals surface area contributed by atoms with Crippen molar-refractivity contribution < 1.29 is 9.84 Å². The van der Waals surface area contributed by atoms with E-state index in [9.17, 15) is 5.11 Å². The van der Waals surface area contributed by atoms with Gasteiger partial charge in [0.05, 0.1) is 5.60 Å². The first-order chi connectivity index (χ1) is 8.69. The summed E-state index contributed by atoms with van der Waals surface area (Å²) in [5.41, 5.74) is 1.89. The molecular weight excluding hydrogens is 224 g/mol. The number of fused-ring (bicyclic) bond motifs is 2. The molecule has 18 heavy (non-hydrogen) atoms. The van der Waals surface area contributed by atoms with Crippen LogP contribution >= 0.6 is 0 Å². The van der Waals surface area contributed by atoms with Crippen LogP contribution in [0.3, 0.4) is 0 Å². The molecule has 96 valence electrons. The molecule has 1 aromatic carbocycles. The van der Waals surface area contributed by atoms with Crippen LogP contribution in [0, 0.1) is 11.8 Å². The predicted octanol–water partition coefficient (Wildman–Crippen LogP) is 3.02. The highest BCUT2D eigenvalue weighted by Gasteiger charge is 2.64. The number of benzene rings is 1. The number of rotatable bonds is 1. The maximum Gasteiger partial charge on any atom is 0.123 e. The van der Waals surface area contributed by atoms with E-state index >= 15 is 0 Å². The van der Waals surface area contributed by atoms with Crippen LogP contribution in [-0.2, 0) is 12.0 Å². The van der Waals surface area contributed by atoms with Gasteiger partial charge in [0.25, 0.3) is 0 Å². The monoisotopic (exact) mass is 244 g/mol. The highest BCUT2D eigenvalue weighted by molar-refractivity contribution is 5.45. The van der Waals surface area contributed by atoms with Gasteiger partial charge in [-0.1, -0.05) is 18.9 Å². The normalized spacial score (nSPS) is 40.9. The Kier molecular flexibility index (Phi) is 2.12. The molecule has 3 aliphatic rings. The summed E-state index contributed by atoms with van der Waals surface area (Å²) >= 11 is 0. The Morgan fingerprint density at radius 1 is 1.22 bits per heavy atom. The Bertz CT molecular complexity index is 482. The van der Waals surface area contributed by atoms with Crippen LogP contribution in [-0.4, -0.2) is 11.2 Å². The number of hydrogen-bond acceptors (Lipinski definition) is 2. The third kappa shape index (κ3) is 1.33. The molecule has 0 spiro atoms. The minimum Gasteiger partial charge on any atom is -0.490 e. The summed E-state index contributed by atoms with van der Waals surface area (Å²) in [5.74, 6) is 2.05. The molecule has 0 saturated heterocycles. The molecule has 0 aromatic heterocycles. The summed E-state index contributed by atoms with van der Waals surface area (Å²) in [6.45, 7) is 2.10. The zero-order valence-corrected chi connectivity index (χ0v) is 10.9. The molecule has 3 atom stereocenters. The Labute approximate surface area is 108 Å². The lowest BCUT2D eigenvalue weighted by molar-refractivity contribution is 0.118. The van der Waals surface area contributed by atoms with Crippen molar-refractivity contribution in [2.24, 2.45) is 11.8 Å². The van der Waals surface area contributed by atoms with Gasteiger partial charge in [0, 0.05) is 6.42 Å². The summed E-state index contributed by atoms with van der Waals surface area (Å²) in [6.07, 6.45) is 6.24. The van der Waals surface area contributed by atoms with Crippen molar-refractivity contribution in [1.29, 1.82) is 0 Å². The van der Waals surface area contributed by atoms with Gasteiger partial charge in [0.1, 0.15) is 11.9 Å². The van der Waals surface area contributed by atoms with Crippen LogP contribution in [0.2, 0.25) is 0 Å². The van der Waals surface area contributed by atoms with Crippen molar-refractivity contribution in [2.45, 2.75) is 50.7 Å². The van der Waals surface area contributed by atoms with E-state index in [1.54, 1.807) is 0 Å². The van der Waals surface area contributed by atoms with Crippen molar-refractivity contribution in [1.82, 2.24) is 0 Å². The lowest BCUT2D eigenvalue weighted by Gasteiger charge is -2.12. The quantitative estimate of drug-likeness (QED) is 0.823. The zero-order chi connectivity index (χ0) is 12.3. The fourth-order valence-corrected chi connectivity index (χ4v) is 4.19. The van der Waals surface area contributed by atoms with Crippen LogP contribution in [0.5, 0.6) is 5.75 Å². The van der Waals surface area contributed by atoms with E-state index in [4.69, 9.17) is 4.74 Å². The lowest BCUT2D eigenvalue weighted by Crippen LogP contribution is -2.10. The highest BCUT2D eigenvalue weighted by Crippen LogP contribution is 2.64. The van der Waals surface area contributed by atoms with E-state index in [1.807, 2.05) is 0 Å². The van der Waals surface area contributed by atoms with Crippen LogP contribution in [0.1, 0.15) is 43.7 Å².